The van der Waals surface area contributed by atoms with Crippen molar-refractivity contribution in [3.8, 4) is 0 Å². The molecule has 30 heteroatoms. The van der Waals surface area contributed by atoms with Crippen LogP contribution >= 0.6 is 0 Å². The summed E-state index contributed by atoms with van der Waals surface area (Å²) in [6, 6.07) is 8.98. The van der Waals surface area contributed by atoms with Crippen LogP contribution in [-0.4, -0.2) is 104 Å². The third kappa shape index (κ3) is 23.3. The molecule has 2 aliphatic carbocycles. The number of anilines is 5. The third-order valence-corrected chi connectivity index (χ3v) is 17.8. The van der Waals surface area contributed by atoms with Crippen molar-refractivity contribution in [2.45, 2.75) is 220 Å². The van der Waals surface area contributed by atoms with Gasteiger partial charge in [0.1, 0.15) is 28.8 Å². The minimum absolute atomic E-state index is 0.00642. The van der Waals surface area contributed by atoms with Gasteiger partial charge in [-0.3, -0.25) is 47.4 Å². The molecule has 5 N–H and O–H groups in total. The minimum Gasteiger partial charge on any atom is -0.361 e. The van der Waals surface area contributed by atoms with Crippen LogP contribution in [0.2, 0.25) is 0 Å². The van der Waals surface area contributed by atoms with Crippen molar-refractivity contribution in [1.29, 1.82) is 0 Å². The van der Waals surface area contributed by atoms with Crippen LogP contribution in [0.15, 0.2) is 83.9 Å². The molecule has 1 atom stereocenters. The molecule has 2 aliphatic rings. The van der Waals surface area contributed by atoms with E-state index >= 15 is 0 Å². The number of nitrogens with one attached hydrogen (secondary N) is 5. The number of hydrogen-bond donors (Lipinski definition) is 5. The van der Waals surface area contributed by atoms with Gasteiger partial charge >= 0.3 is 0 Å². The lowest BCUT2D eigenvalue weighted by atomic mass is 9.87. The predicted octanol–water partition coefficient (Wildman–Crippen LogP) is 12.8. The molecule has 0 radical (unpaired) electrons. The number of amides is 5. The lowest BCUT2D eigenvalue weighted by molar-refractivity contribution is -0.121. The molecule has 0 aromatic carbocycles. The smallest absolute Gasteiger partial charge is 0.228 e. The predicted molar refractivity (Wildman–Crippen MR) is 377 cm³/mol. The highest BCUT2D eigenvalue weighted by molar-refractivity contribution is 5.92. The largest absolute Gasteiger partial charge is 0.361 e. The van der Waals surface area contributed by atoms with Gasteiger partial charge in [0.15, 0.2) is 29.1 Å². The first-order valence-electron chi connectivity index (χ1n) is 34.6. The van der Waals surface area contributed by atoms with E-state index in [0.717, 1.165) is 117 Å². The number of carbonyl (C=O) groups excluding carboxylic acids is 5. The molecule has 1 unspecified atom stereocenters. The summed E-state index contributed by atoms with van der Waals surface area (Å²) >= 11 is 0. The van der Waals surface area contributed by atoms with E-state index in [4.69, 9.17) is 22.6 Å². The maximum atomic E-state index is 12.2. The molecule has 10 aromatic heterocycles. The zero-order valence-corrected chi connectivity index (χ0v) is 60.7. The van der Waals surface area contributed by atoms with Gasteiger partial charge in [0.25, 0.3) is 0 Å². The summed E-state index contributed by atoms with van der Waals surface area (Å²) in [5, 5.41) is 55.3. The summed E-state index contributed by atoms with van der Waals surface area (Å²) in [6.07, 6.45) is 23.4. The van der Waals surface area contributed by atoms with E-state index in [1.54, 1.807) is 54.7 Å². The van der Waals surface area contributed by atoms with Crippen molar-refractivity contribution in [2.24, 2.45) is 17.8 Å². The summed E-state index contributed by atoms with van der Waals surface area (Å²) < 4.78 is 34.5. The van der Waals surface area contributed by atoms with Crippen molar-refractivity contribution >= 4 is 58.6 Å². The quantitative estimate of drug-likeness (QED) is 0.0421. The number of nitrogens with zero attached hydrogens (tertiary/aromatic N) is 15. The molecule has 0 bridgehead atoms. The van der Waals surface area contributed by atoms with Crippen molar-refractivity contribution < 1.29 is 46.6 Å². The average Bonchev–Trinajstić information content (AvgIpc) is 1.73. The van der Waals surface area contributed by atoms with Gasteiger partial charge in [0.05, 0.1) is 61.2 Å². The molecular weight excluding hydrogens is 1290 g/mol. The second kappa shape index (κ2) is 37.0. The van der Waals surface area contributed by atoms with E-state index in [-0.39, 0.29) is 35.5 Å². The van der Waals surface area contributed by atoms with Gasteiger partial charge in [-0.25, -0.2) is 0 Å². The fourth-order valence-corrected chi connectivity index (χ4v) is 11.5. The second-order valence-electron chi connectivity index (χ2n) is 25.9. The average molecular weight is 1390 g/mol. The molecule has 10 aromatic rings. The Labute approximate surface area is 587 Å². The third-order valence-electron chi connectivity index (χ3n) is 17.8. The molecule has 2 saturated carbocycles. The molecule has 0 saturated heterocycles. The van der Waals surface area contributed by atoms with Gasteiger partial charge in [0.2, 0.25) is 29.5 Å². The molecule has 0 spiro atoms. The maximum Gasteiger partial charge on any atom is 0.228 e. The van der Waals surface area contributed by atoms with Gasteiger partial charge in [-0.2, -0.15) is 25.5 Å². The highest BCUT2D eigenvalue weighted by Crippen LogP contribution is 2.28. The van der Waals surface area contributed by atoms with E-state index in [1.807, 2.05) is 106 Å². The monoisotopic (exact) mass is 1390 g/mol. The summed E-state index contributed by atoms with van der Waals surface area (Å²) in [6.45, 7) is 29.3. The first kappa shape index (κ1) is 76.2. The van der Waals surface area contributed by atoms with Crippen molar-refractivity contribution in [1.82, 2.24) is 74.7 Å². The molecular formula is C71H98N20O10. The minimum atomic E-state index is -0.132. The number of carbonyl (C=O) groups is 5. The summed E-state index contributed by atoms with van der Waals surface area (Å²) in [5.74, 6) is 7.96. The number of hydrogen-bond acceptors (Lipinski definition) is 20. The summed E-state index contributed by atoms with van der Waals surface area (Å²) in [4.78, 5) is 58.3. The zero-order valence-electron chi connectivity index (χ0n) is 60.7. The highest BCUT2D eigenvalue weighted by Gasteiger charge is 2.23. The fourth-order valence-electron chi connectivity index (χ4n) is 11.5. The van der Waals surface area contributed by atoms with Crippen LogP contribution in [0, 0.1) is 87.0 Å². The van der Waals surface area contributed by atoms with Crippen molar-refractivity contribution in [3.05, 3.63) is 146 Å². The van der Waals surface area contributed by atoms with Crippen LogP contribution in [0.25, 0.3) is 0 Å². The van der Waals surface area contributed by atoms with Gasteiger partial charge in [-0.1, -0.05) is 91.5 Å². The van der Waals surface area contributed by atoms with Crippen molar-refractivity contribution in [2.75, 3.05) is 26.6 Å². The van der Waals surface area contributed by atoms with Crippen LogP contribution < -0.4 is 26.6 Å². The number of rotatable bonds is 22. The molecule has 12 rings (SSSR count). The Bertz CT molecular complexity index is 4180. The topological polar surface area (TPSA) is 365 Å². The normalized spacial score (nSPS) is 13.3. The molecule has 542 valence electrons. The first-order valence-corrected chi connectivity index (χ1v) is 34.6. The van der Waals surface area contributed by atoms with E-state index in [0.29, 0.717) is 92.9 Å². The van der Waals surface area contributed by atoms with E-state index < -0.39 is 0 Å². The molecule has 30 nitrogen and oxygen atoms in total. The Hall–Kier alpha value is -10.6. The molecule has 10 heterocycles. The zero-order chi connectivity index (χ0) is 72.7. The van der Waals surface area contributed by atoms with Crippen LogP contribution in [0.5, 0.6) is 0 Å². The highest BCUT2D eigenvalue weighted by atomic mass is 16.5. The SMILES string of the molecule is CC(=O)Nc1ccn(Cc2c(C)noc2C)n1.CCC(=O)Nc1ccn(Cc2c(C)noc2C)n1.CCC(C)CC(=O)Nc1ccn(Cc2c(C)noc2C)n1.Cc1noc(C)c1Cn1ccc(NC(=O)C2CCCCC2)n1.Cc1noc(C)c1Cn1ccc(NC(=O)CC2CCCCC2)n1. The Balaban J connectivity index is 0.000000161. The van der Waals surface area contributed by atoms with E-state index in [9.17, 15) is 24.0 Å². The van der Waals surface area contributed by atoms with Crippen LogP contribution in [0.1, 0.15) is 203 Å². The van der Waals surface area contributed by atoms with E-state index in [2.05, 4.69) is 91.7 Å². The van der Waals surface area contributed by atoms with Crippen LogP contribution in [-0.2, 0) is 56.7 Å². The maximum absolute atomic E-state index is 12.2. The lowest BCUT2D eigenvalue weighted by Crippen LogP contribution is -2.25. The number of aryl methyl sites for hydroxylation is 10. The van der Waals surface area contributed by atoms with Crippen LogP contribution in [0.3, 0.4) is 0 Å². The van der Waals surface area contributed by atoms with Crippen molar-refractivity contribution in [3.63, 3.8) is 0 Å². The fraction of sp³-hybridized carbons (Fsp3) is 0.507. The standard InChI is InChI=1S/C17H24N4O2.C16H22N4O2.C15H22N4O2.C12H16N4O2.C11H14N4O2/c1-12-15(13(2)23-20-12)11-21-9-8-16(19-21)18-17(22)10-14-6-4-3-5-7-14;1-11-14(12(2)22-19-11)10-20-9-8-15(18-20)17-16(21)13-6-4-3-5-7-13;1-5-10(2)8-15(20)16-14-6-7-19(17-14)9-13-11(3)18-21-12(13)4;1-4-12(17)13-11-5-6-16(14-11)7-10-8(2)15-18-9(10)3;1-7-10(8(2)17-14-7)6-15-5-4-11(13-15)12-9(3)16/h8-9,14H,3-7,10-11H2,1-2H3,(H,18,19,22);8-9,13H,3-7,10H2,1-2H3,(H,17,18,21);6-7,10H,5,8-9H2,1-4H3,(H,16,17,20);5-6H,4,7H2,1-3H3,(H,13,14,17);4-5H,6H2,1-3H3,(H,12,13,16). The Kier molecular flexibility index (Phi) is 27.9. The summed E-state index contributed by atoms with van der Waals surface area (Å²) in [5.41, 5.74) is 9.47. The molecule has 101 heavy (non-hydrogen) atoms. The Morgan fingerprint density at radius 1 is 0.416 bits per heavy atom. The molecule has 5 amide bonds. The molecule has 0 aliphatic heterocycles. The lowest BCUT2D eigenvalue weighted by Gasteiger charge is -2.20. The number of aromatic nitrogens is 15. The van der Waals surface area contributed by atoms with Crippen LogP contribution in [0.4, 0.5) is 29.1 Å². The summed E-state index contributed by atoms with van der Waals surface area (Å²) in [7, 11) is 0. The van der Waals surface area contributed by atoms with Gasteiger partial charge in [0, 0.05) is 121 Å². The van der Waals surface area contributed by atoms with Gasteiger partial charge in [-0.05, 0) is 107 Å². The van der Waals surface area contributed by atoms with E-state index in [1.165, 1.54) is 45.4 Å². The Morgan fingerprint density at radius 2 is 0.713 bits per heavy atom. The van der Waals surface area contributed by atoms with Gasteiger partial charge < -0.3 is 49.2 Å². The Morgan fingerprint density at radius 3 is 1.01 bits per heavy atom. The second-order valence-corrected chi connectivity index (χ2v) is 25.9. The first-order chi connectivity index (χ1) is 48.4. The molecule has 2 fully saturated rings. The van der Waals surface area contributed by atoms with Gasteiger partial charge in [-0.15, -0.1) is 0 Å².